The second kappa shape index (κ2) is 5.45. The number of hydrogen-bond acceptors (Lipinski definition) is 3. The van der Waals surface area contributed by atoms with Crippen LogP contribution < -0.4 is 10.6 Å². The Morgan fingerprint density at radius 3 is 2.58 bits per heavy atom. The predicted octanol–water partition coefficient (Wildman–Crippen LogP) is 3.00. The summed E-state index contributed by atoms with van der Waals surface area (Å²) in [4.78, 5) is 12.3. The normalized spacial score (nSPS) is 16.2. The van der Waals surface area contributed by atoms with E-state index in [-0.39, 0.29) is 11.5 Å². The summed E-state index contributed by atoms with van der Waals surface area (Å²) in [6.45, 7) is 0. The molecule has 2 N–H and O–H groups in total. The van der Waals surface area contributed by atoms with Gasteiger partial charge in [0.05, 0.1) is 11.9 Å². The molecule has 1 aliphatic heterocycles. The van der Waals surface area contributed by atoms with E-state index in [1.54, 1.807) is 4.68 Å². The molecule has 0 saturated carbocycles. The highest BCUT2D eigenvalue weighted by Crippen LogP contribution is 2.29. The van der Waals surface area contributed by atoms with Crippen molar-refractivity contribution in [1.29, 1.82) is 0 Å². The molecule has 120 valence electrons. The summed E-state index contributed by atoms with van der Waals surface area (Å²) in [7, 11) is 0. The van der Waals surface area contributed by atoms with Gasteiger partial charge in [-0.2, -0.15) is 5.10 Å². The van der Waals surface area contributed by atoms with Gasteiger partial charge in [-0.05, 0) is 24.3 Å². The van der Waals surface area contributed by atoms with Crippen LogP contribution in [0.4, 0.5) is 14.6 Å². The predicted molar refractivity (Wildman–Crippen MR) is 83.8 cm³/mol. The fourth-order valence-electron chi connectivity index (χ4n) is 2.69. The molecule has 0 aliphatic carbocycles. The van der Waals surface area contributed by atoms with Crippen LogP contribution >= 0.6 is 0 Å². The largest absolute Gasteiger partial charge is 0.345 e. The first-order chi connectivity index (χ1) is 11.6. The molecule has 1 unspecified atom stereocenters. The van der Waals surface area contributed by atoms with Gasteiger partial charge in [-0.3, -0.25) is 4.79 Å². The van der Waals surface area contributed by atoms with Gasteiger partial charge in [0.1, 0.15) is 29.2 Å². The maximum absolute atomic E-state index is 14.0. The SMILES string of the molecule is O=C1NC(c2ccc(F)cc2F)Nc2c1cnn2-c1ccccc1. The van der Waals surface area contributed by atoms with Gasteiger partial charge >= 0.3 is 0 Å². The van der Waals surface area contributed by atoms with Gasteiger partial charge in [-0.25, -0.2) is 13.5 Å². The second-order valence-electron chi connectivity index (χ2n) is 5.37. The topological polar surface area (TPSA) is 59.0 Å². The van der Waals surface area contributed by atoms with Crippen LogP contribution in [0.3, 0.4) is 0 Å². The maximum Gasteiger partial charge on any atom is 0.258 e. The highest BCUT2D eigenvalue weighted by molar-refractivity contribution is 6.01. The Hall–Kier alpha value is -3.22. The summed E-state index contributed by atoms with van der Waals surface area (Å²) in [6.07, 6.45) is 0.631. The van der Waals surface area contributed by atoms with Crippen molar-refractivity contribution in [2.45, 2.75) is 6.17 Å². The molecule has 4 rings (SSSR count). The molecule has 0 fully saturated rings. The van der Waals surface area contributed by atoms with Gasteiger partial charge in [0, 0.05) is 11.6 Å². The molecule has 0 bridgehead atoms. The van der Waals surface area contributed by atoms with Crippen LogP contribution in [0.25, 0.3) is 5.69 Å². The van der Waals surface area contributed by atoms with E-state index >= 15 is 0 Å². The molecule has 2 aromatic carbocycles. The molecule has 0 spiro atoms. The zero-order chi connectivity index (χ0) is 16.7. The van der Waals surface area contributed by atoms with E-state index in [1.165, 1.54) is 12.3 Å². The van der Waals surface area contributed by atoms with Crippen LogP contribution in [0.5, 0.6) is 0 Å². The zero-order valence-electron chi connectivity index (χ0n) is 12.3. The van der Waals surface area contributed by atoms with Gasteiger partial charge in [0.15, 0.2) is 0 Å². The zero-order valence-corrected chi connectivity index (χ0v) is 12.3. The number of anilines is 1. The summed E-state index contributed by atoms with van der Waals surface area (Å²) < 4.78 is 28.7. The third-order valence-corrected chi connectivity index (χ3v) is 3.84. The van der Waals surface area contributed by atoms with E-state index in [4.69, 9.17) is 0 Å². The molecule has 0 radical (unpaired) electrons. The van der Waals surface area contributed by atoms with E-state index in [0.29, 0.717) is 11.4 Å². The summed E-state index contributed by atoms with van der Waals surface area (Å²) in [5.74, 6) is -1.33. The molecular formula is C17H12F2N4O. The first-order valence-electron chi connectivity index (χ1n) is 7.29. The third-order valence-electron chi connectivity index (χ3n) is 3.84. The summed E-state index contributed by atoms with van der Waals surface area (Å²) >= 11 is 0. The lowest BCUT2D eigenvalue weighted by Gasteiger charge is -2.27. The van der Waals surface area contributed by atoms with Gasteiger partial charge in [-0.15, -0.1) is 0 Å². The first kappa shape index (κ1) is 14.4. The Balaban J connectivity index is 1.76. The molecule has 7 heteroatoms. The number of aromatic nitrogens is 2. The number of nitrogens with zero attached hydrogens (tertiary/aromatic N) is 2. The van der Waals surface area contributed by atoms with Gasteiger partial charge in [0.25, 0.3) is 5.91 Å². The first-order valence-corrected chi connectivity index (χ1v) is 7.29. The highest BCUT2D eigenvalue weighted by Gasteiger charge is 2.30. The number of fused-ring (bicyclic) bond motifs is 1. The summed E-state index contributed by atoms with van der Waals surface area (Å²) in [5.41, 5.74) is 1.27. The lowest BCUT2D eigenvalue weighted by atomic mass is 10.1. The van der Waals surface area contributed by atoms with Crippen LogP contribution in [0.15, 0.2) is 54.7 Å². The van der Waals surface area contributed by atoms with E-state index < -0.39 is 17.8 Å². The molecule has 1 amide bonds. The number of benzene rings is 2. The minimum atomic E-state index is -0.815. The van der Waals surface area contributed by atoms with Crippen LogP contribution in [-0.2, 0) is 0 Å². The van der Waals surface area contributed by atoms with Crippen LogP contribution in [0.2, 0.25) is 0 Å². The molecule has 24 heavy (non-hydrogen) atoms. The minimum Gasteiger partial charge on any atom is -0.345 e. The number of nitrogens with one attached hydrogen (secondary N) is 2. The van der Waals surface area contributed by atoms with Crippen molar-refractivity contribution in [2.24, 2.45) is 0 Å². The average molecular weight is 326 g/mol. The number of carbonyl (C=O) groups is 1. The van der Waals surface area contributed by atoms with Crippen LogP contribution in [0.1, 0.15) is 22.1 Å². The second-order valence-corrected chi connectivity index (χ2v) is 5.37. The van der Waals surface area contributed by atoms with Crippen molar-refractivity contribution in [3.63, 3.8) is 0 Å². The summed E-state index contributed by atoms with van der Waals surface area (Å²) in [5, 5.41) is 9.93. The van der Waals surface area contributed by atoms with E-state index in [1.807, 2.05) is 30.3 Å². The number of rotatable bonds is 2. The monoisotopic (exact) mass is 326 g/mol. The lowest BCUT2D eigenvalue weighted by molar-refractivity contribution is 0.0935. The highest BCUT2D eigenvalue weighted by atomic mass is 19.1. The van der Waals surface area contributed by atoms with Crippen molar-refractivity contribution in [3.8, 4) is 5.69 Å². The quantitative estimate of drug-likeness (QED) is 0.761. The molecule has 3 aromatic rings. The van der Waals surface area contributed by atoms with Crippen molar-refractivity contribution in [2.75, 3.05) is 5.32 Å². The third kappa shape index (κ3) is 2.30. The lowest BCUT2D eigenvalue weighted by Crippen LogP contribution is -2.39. The number of halogens is 2. The average Bonchev–Trinajstić information content (AvgIpc) is 3.00. The summed E-state index contributed by atoms with van der Waals surface area (Å²) in [6, 6.07) is 12.5. The number of para-hydroxylation sites is 1. The number of hydrogen-bond donors (Lipinski definition) is 2. The van der Waals surface area contributed by atoms with Crippen molar-refractivity contribution in [1.82, 2.24) is 15.1 Å². The fourth-order valence-corrected chi connectivity index (χ4v) is 2.69. The number of amides is 1. The molecular weight excluding hydrogens is 314 g/mol. The van der Waals surface area contributed by atoms with Gasteiger partial charge < -0.3 is 10.6 Å². The number of carbonyl (C=O) groups excluding carboxylic acids is 1. The Morgan fingerprint density at radius 1 is 1.04 bits per heavy atom. The molecule has 0 saturated heterocycles. The van der Waals surface area contributed by atoms with Crippen LogP contribution in [-0.4, -0.2) is 15.7 Å². The fraction of sp³-hybridized carbons (Fsp3) is 0.0588. The van der Waals surface area contributed by atoms with Gasteiger partial charge in [-0.1, -0.05) is 18.2 Å². The van der Waals surface area contributed by atoms with Crippen LogP contribution in [0, 0.1) is 11.6 Å². The molecule has 1 aliphatic rings. The standard InChI is InChI=1S/C17H12F2N4O/c18-10-6-7-12(14(19)8-10)15-21-16-13(17(24)22-15)9-20-23(16)11-4-2-1-3-5-11/h1-9,15,21H,(H,22,24). The minimum absolute atomic E-state index is 0.149. The van der Waals surface area contributed by atoms with Crippen molar-refractivity contribution >= 4 is 11.7 Å². The Morgan fingerprint density at radius 2 is 1.83 bits per heavy atom. The Bertz CT molecular complexity index is 924. The Labute approximate surface area is 135 Å². The van der Waals surface area contributed by atoms with Crippen molar-refractivity contribution in [3.05, 3.63) is 77.5 Å². The molecule has 2 heterocycles. The molecule has 5 nitrogen and oxygen atoms in total. The van der Waals surface area contributed by atoms with Gasteiger partial charge in [0.2, 0.25) is 0 Å². The van der Waals surface area contributed by atoms with Crippen molar-refractivity contribution < 1.29 is 13.6 Å². The smallest absolute Gasteiger partial charge is 0.258 e. The molecule has 1 atom stereocenters. The Kier molecular flexibility index (Phi) is 3.26. The van der Waals surface area contributed by atoms with E-state index in [2.05, 4.69) is 15.7 Å². The maximum atomic E-state index is 14.0. The van der Waals surface area contributed by atoms with E-state index in [0.717, 1.165) is 17.8 Å². The van der Waals surface area contributed by atoms with E-state index in [9.17, 15) is 13.6 Å². The molecule has 1 aromatic heterocycles.